The average molecular weight is 252 g/mol. The van der Waals surface area contributed by atoms with E-state index >= 15 is 0 Å². The van der Waals surface area contributed by atoms with Crippen LogP contribution in [0.2, 0.25) is 0 Å². The van der Waals surface area contributed by atoms with E-state index in [0.717, 1.165) is 13.0 Å². The second-order valence-electron chi connectivity index (χ2n) is 4.84. The Balaban J connectivity index is 2.55. The largest absolute Gasteiger partial charge is 0.491 e. The summed E-state index contributed by atoms with van der Waals surface area (Å²) in [5.41, 5.74) is 6.59. The number of nitrogens with zero attached hydrogens (tertiary/aromatic N) is 1. The summed E-state index contributed by atoms with van der Waals surface area (Å²) >= 11 is 0. The van der Waals surface area contributed by atoms with Gasteiger partial charge in [0.25, 0.3) is 0 Å². The lowest BCUT2D eigenvalue weighted by atomic mass is 10.2. The van der Waals surface area contributed by atoms with E-state index in [1.165, 1.54) is 0 Å². The van der Waals surface area contributed by atoms with Crippen LogP contribution in [0, 0.1) is 0 Å². The number of hydrogen-bond acceptors (Lipinski definition) is 4. The molecule has 0 unspecified atom stereocenters. The Morgan fingerprint density at radius 2 is 1.89 bits per heavy atom. The van der Waals surface area contributed by atoms with Crippen molar-refractivity contribution in [1.29, 1.82) is 0 Å². The third kappa shape index (κ3) is 4.84. The van der Waals surface area contributed by atoms with Gasteiger partial charge in [0.05, 0.1) is 12.7 Å². The van der Waals surface area contributed by atoms with Crippen LogP contribution >= 0.6 is 0 Å². The normalized spacial score (nSPS) is 11.0. The summed E-state index contributed by atoms with van der Waals surface area (Å²) in [4.78, 5) is 2.13. The van der Waals surface area contributed by atoms with Crippen LogP contribution in [-0.2, 0) is 0 Å². The van der Waals surface area contributed by atoms with Crippen molar-refractivity contribution in [3.8, 4) is 11.5 Å². The van der Waals surface area contributed by atoms with E-state index in [9.17, 15) is 0 Å². The predicted octanol–water partition coefficient (Wildman–Crippen LogP) is 2.39. The van der Waals surface area contributed by atoms with E-state index in [1.807, 2.05) is 46.1 Å². The van der Waals surface area contributed by atoms with Crippen molar-refractivity contribution < 1.29 is 9.47 Å². The molecule has 0 amide bonds. The van der Waals surface area contributed by atoms with Crippen LogP contribution in [0.15, 0.2) is 18.2 Å². The molecule has 0 aliphatic rings. The van der Waals surface area contributed by atoms with Crippen LogP contribution < -0.4 is 15.2 Å². The van der Waals surface area contributed by atoms with Crippen LogP contribution in [0.5, 0.6) is 11.5 Å². The van der Waals surface area contributed by atoms with E-state index in [-0.39, 0.29) is 6.10 Å². The first-order valence-corrected chi connectivity index (χ1v) is 6.33. The van der Waals surface area contributed by atoms with E-state index in [4.69, 9.17) is 15.2 Å². The fraction of sp³-hybridized carbons (Fsp3) is 0.571. The standard InChI is InChI=1S/C14H24N2O2/c1-11(2)18-13-8-5-7-12(14(13)15)17-10-6-9-16(3)4/h5,7-8,11H,6,9-10,15H2,1-4H3. The van der Waals surface area contributed by atoms with Gasteiger partial charge >= 0.3 is 0 Å². The maximum atomic E-state index is 6.01. The van der Waals surface area contributed by atoms with Crippen LogP contribution in [-0.4, -0.2) is 38.3 Å². The van der Waals surface area contributed by atoms with Crippen LogP contribution in [0.25, 0.3) is 0 Å². The molecule has 18 heavy (non-hydrogen) atoms. The minimum absolute atomic E-state index is 0.108. The lowest BCUT2D eigenvalue weighted by Crippen LogP contribution is -2.16. The van der Waals surface area contributed by atoms with E-state index < -0.39 is 0 Å². The Kier molecular flexibility index (Phi) is 5.78. The molecule has 0 heterocycles. The average Bonchev–Trinajstić information content (AvgIpc) is 2.28. The number of nitrogen functional groups attached to an aromatic ring is 1. The molecule has 0 bridgehead atoms. The quantitative estimate of drug-likeness (QED) is 0.598. The third-order valence-corrected chi connectivity index (χ3v) is 2.40. The molecular weight excluding hydrogens is 228 g/mol. The van der Waals surface area contributed by atoms with Gasteiger partial charge in [0.1, 0.15) is 17.2 Å². The summed E-state index contributed by atoms with van der Waals surface area (Å²) in [7, 11) is 4.09. The summed E-state index contributed by atoms with van der Waals surface area (Å²) in [6.45, 7) is 5.61. The lowest BCUT2D eigenvalue weighted by Gasteiger charge is -2.15. The topological polar surface area (TPSA) is 47.7 Å². The molecule has 0 spiro atoms. The fourth-order valence-electron chi connectivity index (χ4n) is 1.57. The van der Waals surface area contributed by atoms with E-state index in [2.05, 4.69) is 4.90 Å². The molecule has 0 radical (unpaired) electrons. The Labute approximate surface area is 110 Å². The Morgan fingerprint density at radius 3 is 2.50 bits per heavy atom. The Morgan fingerprint density at radius 1 is 1.22 bits per heavy atom. The maximum absolute atomic E-state index is 6.01. The highest BCUT2D eigenvalue weighted by molar-refractivity contribution is 5.62. The second-order valence-corrected chi connectivity index (χ2v) is 4.84. The van der Waals surface area contributed by atoms with Gasteiger partial charge in [0.15, 0.2) is 0 Å². The summed E-state index contributed by atoms with van der Waals surface area (Å²) in [5.74, 6) is 1.39. The highest BCUT2D eigenvalue weighted by atomic mass is 16.5. The summed E-state index contributed by atoms with van der Waals surface area (Å²) in [5, 5.41) is 0. The number of ether oxygens (including phenoxy) is 2. The van der Waals surface area contributed by atoms with Gasteiger partial charge in [0.2, 0.25) is 0 Å². The van der Waals surface area contributed by atoms with Gasteiger partial charge < -0.3 is 20.1 Å². The van der Waals surface area contributed by atoms with Gasteiger partial charge in [-0.15, -0.1) is 0 Å². The zero-order valence-electron chi connectivity index (χ0n) is 11.8. The van der Waals surface area contributed by atoms with Crippen molar-refractivity contribution in [2.45, 2.75) is 26.4 Å². The molecule has 2 N–H and O–H groups in total. The molecule has 1 aromatic carbocycles. The van der Waals surface area contributed by atoms with Gasteiger partial charge in [0, 0.05) is 6.54 Å². The van der Waals surface area contributed by atoms with Crippen LogP contribution in [0.3, 0.4) is 0 Å². The number of hydrogen-bond donors (Lipinski definition) is 1. The van der Waals surface area contributed by atoms with Gasteiger partial charge in [-0.2, -0.15) is 0 Å². The number of benzene rings is 1. The monoisotopic (exact) mass is 252 g/mol. The zero-order valence-corrected chi connectivity index (χ0v) is 11.8. The first kappa shape index (κ1) is 14.6. The van der Waals surface area contributed by atoms with Gasteiger partial charge in [-0.3, -0.25) is 0 Å². The number of anilines is 1. The van der Waals surface area contributed by atoms with Crippen molar-refractivity contribution in [3.63, 3.8) is 0 Å². The highest BCUT2D eigenvalue weighted by Gasteiger charge is 2.08. The molecule has 0 aliphatic heterocycles. The minimum atomic E-state index is 0.108. The third-order valence-electron chi connectivity index (χ3n) is 2.40. The predicted molar refractivity (Wildman–Crippen MR) is 75.3 cm³/mol. The maximum Gasteiger partial charge on any atom is 0.146 e. The smallest absolute Gasteiger partial charge is 0.146 e. The molecule has 4 nitrogen and oxygen atoms in total. The first-order valence-electron chi connectivity index (χ1n) is 6.33. The zero-order chi connectivity index (χ0) is 13.5. The van der Waals surface area contributed by atoms with Crippen molar-refractivity contribution in [2.24, 2.45) is 0 Å². The lowest BCUT2D eigenvalue weighted by molar-refractivity contribution is 0.241. The molecule has 1 aromatic rings. The molecule has 0 aromatic heterocycles. The van der Waals surface area contributed by atoms with Gasteiger partial charge in [-0.25, -0.2) is 0 Å². The molecular formula is C14H24N2O2. The first-order chi connectivity index (χ1) is 8.50. The molecule has 0 saturated carbocycles. The van der Waals surface area contributed by atoms with Gasteiger partial charge in [-0.1, -0.05) is 6.07 Å². The van der Waals surface area contributed by atoms with Crippen molar-refractivity contribution in [1.82, 2.24) is 4.90 Å². The van der Waals surface area contributed by atoms with Crippen molar-refractivity contribution >= 4 is 5.69 Å². The summed E-state index contributed by atoms with van der Waals surface area (Å²) in [6, 6.07) is 5.63. The highest BCUT2D eigenvalue weighted by Crippen LogP contribution is 2.31. The molecule has 0 aliphatic carbocycles. The summed E-state index contributed by atoms with van der Waals surface area (Å²) < 4.78 is 11.3. The molecule has 1 rings (SSSR count). The van der Waals surface area contributed by atoms with Gasteiger partial charge in [-0.05, 0) is 46.5 Å². The number of nitrogens with two attached hydrogens (primary N) is 1. The van der Waals surface area contributed by atoms with Crippen LogP contribution in [0.1, 0.15) is 20.3 Å². The van der Waals surface area contributed by atoms with E-state index in [1.54, 1.807) is 0 Å². The second kappa shape index (κ2) is 7.11. The van der Waals surface area contributed by atoms with Crippen LogP contribution in [0.4, 0.5) is 5.69 Å². The van der Waals surface area contributed by atoms with Crippen molar-refractivity contribution in [3.05, 3.63) is 18.2 Å². The fourth-order valence-corrected chi connectivity index (χ4v) is 1.57. The number of rotatable bonds is 7. The Bertz CT molecular complexity index is 365. The van der Waals surface area contributed by atoms with E-state index in [0.29, 0.717) is 23.8 Å². The number of para-hydroxylation sites is 1. The molecule has 0 saturated heterocycles. The van der Waals surface area contributed by atoms with Crippen molar-refractivity contribution in [2.75, 3.05) is 33.0 Å². The molecule has 102 valence electrons. The minimum Gasteiger partial charge on any atom is -0.491 e. The molecule has 0 atom stereocenters. The SMILES string of the molecule is CC(C)Oc1cccc(OCCCN(C)C)c1N. The Hall–Kier alpha value is -1.42. The summed E-state index contributed by atoms with van der Waals surface area (Å²) in [6.07, 6.45) is 1.08. The molecule has 4 heteroatoms. The molecule has 0 fully saturated rings.